The SMILES string of the molecule is Cc1nc(C(F)(F)F)ccc1C(=O)N1CCC(C(N)=O)C1. The summed E-state index contributed by atoms with van der Waals surface area (Å²) in [5.41, 5.74) is 4.26. The fraction of sp³-hybridized carbons (Fsp3) is 0.462. The van der Waals surface area contributed by atoms with E-state index < -0.39 is 29.6 Å². The Morgan fingerprint density at radius 1 is 1.38 bits per heavy atom. The summed E-state index contributed by atoms with van der Waals surface area (Å²) in [7, 11) is 0. The maximum Gasteiger partial charge on any atom is 0.433 e. The van der Waals surface area contributed by atoms with E-state index in [4.69, 9.17) is 5.73 Å². The minimum atomic E-state index is -4.54. The van der Waals surface area contributed by atoms with E-state index in [1.165, 1.54) is 11.8 Å². The summed E-state index contributed by atoms with van der Waals surface area (Å²) in [5.74, 6) is -1.32. The van der Waals surface area contributed by atoms with Crippen LogP contribution >= 0.6 is 0 Å². The highest BCUT2D eigenvalue weighted by Crippen LogP contribution is 2.28. The molecule has 2 heterocycles. The summed E-state index contributed by atoms with van der Waals surface area (Å²) in [6, 6.07) is 1.90. The van der Waals surface area contributed by atoms with Gasteiger partial charge in [-0.05, 0) is 25.5 Å². The Labute approximate surface area is 118 Å². The predicted octanol–water partition coefficient (Wildman–Crippen LogP) is 1.36. The lowest BCUT2D eigenvalue weighted by Crippen LogP contribution is -2.32. The van der Waals surface area contributed by atoms with Crippen molar-refractivity contribution in [2.24, 2.45) is 11.7 Å². The number of hydrogen-bond acceptors (Lipinski definition) is 3. The zero-order valence-corrected chi connectivity index (χ0v) is 11.3. The number of pyridine rings is 1. The zero-order chi connectivity index (χ0) is 15.8. The third-order valence-electron chi connectivity index (χ3n) is 3.48. The summed E-state index contributed by atoms with van der Waals surface area (Å²) < 4.78 is 37.6. The smallest absolute Gasteiger partial charge is 0.369 e. The Morgan fingerprint density at radius 3 is 2.52 bits per heavy atom. The molecule has 21 heavy (non-hydrogen) atoms. The Balaban J connectivity index is 2.19. The quantitative estimate of drug-likeness (QED) is 0.896. The molecular weight excluding hydrogens is 287 g/mol. The van der Waals surface area contributed by atoms with Crippen LogP contribution in [0.25, 0.3) is 0 Å². The number of primary amides is 1. The fourth-order valence-corrected chi connectivity index (χ4v) is 2.29. The minimum absolute atomic E-state index is 0.0114. The molecule has 8 heteroatoms. The average Bonchev–Trinajstić information content (AvgIpc) is 2.86. The number of nitrogens with two attached hydrogens (primary N) is 1. The third-order valence-corrected chi connectivity index (χ3v) is 3.48. The zero-order valence-electron chi connectivity index (χ0n) is 11.3. The van der Waals surface area contributed by atoms with Crippen LogP contribution in [0.3, 0.4) is 0 Å². The second-order valence-electron chi connectivity index (χ2n) is 4.97. The van der Waals surface area contributed by atoms with Gasteiger partial charge in [-0.3, -0.25) is 9.59 Å². The minimum Gasteiger partial charge on any atom is -0.369 e. The van der Waals surface area contributed by atoms with Crippen LogP contribution in [0.5, 0.6) is 0 Å². The molecule has 1 aliphatic heterocycles. The molecule has 1 atom stereocenters. The van der Waals surface area contributed by atoms with Gasteiger partial charge in [-0.25, -0.2) is 4.98 Å². The van der Waals surface area contributed by atoms with Crippen molar-refractivity contribution in [2.75, 3.05) is 13.1 Å². The van der Waals surface area contributed by atoms with Gasteiger partial charge >= 0.3 is 6.18 Å². The lowest BCUT2D eigenvalue weighted by molar-refractivity contribution is -0.141. The molecule has 5 nitrogen and oxygen atoms in total. The van der Waals surface area contributed by atoms with Crippen molar-refractivity contribution in [2.45, 2.75) is 19.5 Å². The molecule has 0 aromatic carbocycles. The molecule has 1 fully saturated rings. The molecule has 1 aliphatic rings. The first-order valence-corrected chi connectivity index (χ1v) is 6.33. The van der Waals surface area contributed by atoms with Crippen LogP contribution in [0.4, 0.5) is 13.2 Å². The molecule has 0 saturated carbocycles. The van der Waals surface area contributed by atoms with Gasteiger partial charge in [0.2, 0.25) is 5.91 Å². The van der Waals surface area contributed by atoms with Crippen molar-refractivity contribution < 1.29 is 22.8 Å². The molecule has 1 saturated heterocycles. The largest absolute Gasteiger partial charge is 0.433 e. The van der Waals surface area contributed by atoms with Crippen molar-refractivity contribution in [3.8, 4) is 0 Å². The molecule has 2 N–H and O–H groups in total. The molecule has 1 aromatic heterocycles. The first-order valence-electron chi connectivity index (χ1n) is 6.33. The van der Waals surface area contributed by atoms with Crippen LogP contribution in [0.15, 0.2) is 12.1 Å². The first-order chi connectivity index (χ1) is 9.70. The highest BCUT2D eigenvalue weighted by atomic mass is 19.4. The topological polar surface area (TPSA) is 76.3 Å². The van der Waals surface area contributed by atoms with Gasteiger partial charge in [0.25, 0.3) is 5.91 Å². The number of amides is 2. The van der Waals surface area contributed by atoms with Gasteiger partial charge in [-0.2, -0.15) is 13.2 Å². The number of carbonyl (C=O) groups is 2. The number of carbonyl (C=O) groups excluding carboxylic acids is 2. The van der Waals surface area contributed by atoms with Gasteiger partial charge in [0.1, 0.15) is 5.69 Å². The Morgan fingerprint density at radius 2 is 2.05 bits per heavy atom. The maximum absolute atomic E-state index is 12.5. The van der Waals surface area contributed by atoms with E-state index in [1.54, 1.807) is 0 Å². The van der Waals surface area contributed by atoms with Gasteiger partial charge in [0, 0.05) is 13.1 Å². The lowest BCUT2D eigenvalue weighted by atomic mass is 10.1. The number of aryl methyl sites for hydroxylation is 1. The van der Waals surface area contributed by atoms with Gasteiger partial charge < -0.3 is 10.6 Å². The number of rotatable bonds is 2. The summed E-state index contributed by atoms with van der Waals surface area (Å²) in [6.45, 7) is 1.89. The van der Waals surface area contributed by atoms with Crippen molar-refractivity contribution in [3.63, 3.8) is 0 Å². The van der Waals surface area contributed by atoms with Crippen LogP contribution in [-0.2, 0) is 11.0 Å². The molecule has 0 bridgehead atoms. The van der Waals surface area contributed by atoms with E-state index >= 15 is 0 Å². The Bertz CT molecular complexity index is 587. The molecule has 0 spiro atoms. The van der Waals surface area contributed by atoms with E-state index in [1.807, 2.05) is 0 Å². The van der Waals surface area contributed by atoms with Crippen molar-refractivity contribution >= 4 is 11.8 Å². The molecule has 114 valence electrons. The van der Waals surface area contributed by atoms with Gasteiger partial charge in [0.15, 0.2) is 0 Å². The molecule has 1 aromatic rings. The monoisotopic (exact) mass is 301 g/mol. The van der Waals surface area contributed by atoms with Gasteiger partial charge in [-0.15, -0.1) is 0 Å². The molecule has 2 rings (SSSR count). The maximum atomic E-state index is 12.5. The third kappa shape index (κ3) is 3.14. The van der Waals surface area contributed by atoms with E-state index in [9.17, 15) is 22.8 Å². The molecular formula is C13H14F3N3O2. The Hall–Kier alpha value is -2.12. The molecule has 1 unspecified atom stereocenters. The fourth-order valence-electron chi connectivity index (χ4n) is 2.29. The van der Waals surface area contributed by atoms with Crippen LogP contribution in [-0.4, -0.2) is 34.8 Å². The molecule has 0 aliphatic carbocycles. The average molecular weight is 301 g/mol. The number of likely N-dealkylation sites (tertiary alicyclic amines) is 1. The summed E-state index contributed by atoms with van der Waals surface area (Å²) in [4.78, 5) is 28.2. The van der Waals surface area contributed by atoms with Crippen molar-refractivity contribution in [3.05, 3.63) is 29.1 Å². The predicted molar refractivity (Wildman–Crippen MR) is 67.2 cm³/mol. The highest BCUT2D eigenvalue weighted by molar-refractivity contribution is 5.96. The number of alkyl halides is 3. The number of nitrogens with zero attached hydrogens (tertiary/aromatic N) is 2. The van der Waals surface area contributed by atoms with Gasteiger partial charge in [-0.1, -0.05) is 0 Å². The normalized spacial score (nSPS) is 18.9. The molecule has 2 amide bonds. The van der Waals surface area contributed by atoms with E-state index in [2.05, 4.69) is 4.98 Å². The highest BCUT2D eigenvalue weighted by Gasteiger charge is 2.34. The van der Waals surface area contributed by atoms with Crippen LogP contribution in [0, 0.1) is 12.8 Å². The van der Waals surface area contributed by atoms with E-state index in [0.717, 1.165) is 12.1 Å². The van der Waals surface area contributed by atoms with Crippen LogP contribution in [0.1, 0.15) is 28.2 Å². The van der Waals surface area contributed by atoms with Crippen LogP contribution < -0.4 is 5.73 Å². The second-order valence-corrected chi connectivity index (χ2v) is 4.97. The number of hydrogen-bond donors (Lipinski definition) is 1. The summed E-state index contributed by atoms with van der Waals surface area (Å²) >= 11 is 0. The summed E-state index contributed by atoms with van der Waals surface area (Å²) in [6.07, 6.45) is -4.08. The standard InChI is InChI=1S/C13H14F3N3O2/c1-7-9(2-3-10(18-7)13(14,15)16)12(21)19-5-4-8(6-19)11(17)20/h2-3,8H,4-6H2,1H3,(H2,17,20). The number of halogens is 3. The van der Waals surface area contributed by atoms with Crippen molar-refractivity contribution in [1.29, 1.82) is 0 Å². The first kappa shape index (κ1) is 15.3. The second kappa shape index (κ2) is 5.34. The van der Waals surface area contributed by atoms with E-state index in [-0.39, 0.29) is 17.8 Å². The lowest BCUT2D eigenvalue weighted by Gasteiger charge is -2.17. The van der Waals surface area contributed by atoms with Gasteiger partial charge in [0.05, 0.1) is 17.2 Å². The molecule has 0 radical (unpaired) electrons. The summed E-state index contributed by atoms with van der Waals surface area (Å²) in [5, 5.41) is 0. The van der Waals surface area contributed by atoms with Crippen LogP contribution in [0.2, 0.25) is 0 Å². The number of aromatic nitrogens is 1. The Kier molecular flexibility index (Phi) is 3.89. The van der Waals surface area contributed by atoms with Crippen molar-refractivity contribution in [1.82, 2.24) is 9.88 Å². The van der Waals surface area contributed by atoms with E-state index in [0.29, 0.717) is 13.0 Å².